The second-order valence-electron chi connectivity index (χ2n) is 9.78. The number of carbonyl (C=O) groups excluding carboxylic acids is 2. The Hall–Kier alpha value is -3.39. The summed E-state index contributed by atoms with van der Waals surface area (Å²) >= 11 is 0. The predicted octanol–water partition coefficient (Wildman–Crippen LogP) is 3.25. The number of methoxy groups -OCH3 is 1. The van der Waals surface area contributed by atoms with E-state index in [9.17, 15) is 19.5 Å². The maximum absolute atomic E-state index is 13.2. The SMILES string of the molecule is COCCN(CC(=O)O)C(=O)C12CC(NC(=O)OCC3c4ccccc4-c4ccccc43)CC1C2. The zero-order valence-electron chi connectivity index (χ0n) is 19.7. The lowest BCUT2D eigenvalue weighted by Crippen LogP contribution is -2.43. The standard InChI is InChI=1S/C27H30N2O6/c1-34-11-10-29(15-24(30)31)25(32)27-13-17(27)12-18(14-27)28-26(33)35-16-23-21-8-4-2-6-19(21)20-7-3-5-9-22(20)23/h2-9,17-18,23H,10-16H2,1H3,(H,28,33)(H,30,31). The molecule has 0 saturated heterocycles. The zero-order chi connectivity index (χ0) is 24.6. The minimum atomic E-state index is -1.05. The van der Waals surface area contributed by atoms with E-state index in [0.29, 0.717) is 12.8 Å². The van der Waals surface area contributed by atoms with Crippen LogP contribution in [0.2, 0.25) is 0 Å². The first-order valence-corrected chi connectivity index (χ1v) is 12.0. The second kappa shape index (κ2) is 9.34. The van der Waals surface area contributed by atoms with Gasteiger partial charge in [0.25, 0.3) is 0 Å². The van der Waals surface area contributed by atoms with Crippen LogP contribution in [0.1, 0.15) is 36.3 Å². The number of nitrogens with one attached hydrogen (secondary N) is 1. The van der Waals surface area contributed by atoms with E-state index in [4.69, 9.17) is 9.47 Å². The van der Waals surface area contributed by atoms with Gasteiger partial charge in [0.15, 0.2) is 0 Å². The van der Waals surface area contributed by atoms with Crippen LogP contribution in [0.4, 0.5) is 4.79 Å². The molecule has 2 saturated carbocycles. The molecule has 3 aliphatic carbocycles. The molecule has 3 aliphatic rings. The molecule has 0 bridgehead atoms. The molecule has 0 heterocycles. The van der Waals surface area contributed by atoms with Crippen LogP contribution in [0.15, 0.2) is 48.5 Å². The number of hydrogen-bond donors (Lipinski definition) is 2. The molecule has 0 aliphatic heterocycles. The first kappa shape index (κ1) is 23.4. The van der Waals surface area contributed by atoms with Gasteiger partial charge >= 0.3 is 12.1 Å². The van der Waals surface area contributed by atoms with Crippen molar-refractivity contribution in [2.24, 2.45) is 11.3 Å². The summed E-state index contributed by atoms with van der Waals surface area (Å²) in [5, 5.41) is 12.1. The van der Waals surface area contributed by atoms with Crippen molar-refractivity contribution in [3.05, 3.63) is 59.7 Å². The van der Waals surface area contributed by atoms with Crippen LogP contribution in [-0.4, -0.2) is 67.4 Å². The maximum atomic E-state index is 13.2. The highest BCUT2D eigenvalue weighted by Gasteiger charge is 2.66. The van der Waals surface area contributed by atoms with Gasteiger partial charge in [-0.15, -0.1) is 0 Å². The third-order valence-corrected chi connectivity index (χ3v) is 7.68. The third kappa shape index (κ3) is 4.38. The van der Waals surface area contributed by atoms with Crippen LogP contribution in [0.3, 0.4) is 0 Å². The van der Waals surface area contributed by atoms with Crippen LogP contribution in [-0.2, 0) is 19.1 Å². The van der Waals surface area contributed by atoms with Crippen LogP contribution >= 0.6 is 0 Å². The first-order valence-electron chi connectivity index (χ1n) is 12.0. The van der Waals surface area contributed by atoms with Crippen molar-refractivity contribution in [1.29, 1.82) is 0 Å². The van der Waals surface area contributed by atoms with Gasteiger partial charge in [-0.1, -0.05) is 48.5 Å². The molecule has 184 valence electrons. The number of nitrogens with zero attached hydrogens (tertiary/aromatic N) is 1. The lowest BCUT2D eigenvalue weighted by atomic mass is 9.98. The summed E-state index contributed by atoms with van der Waals surface area (Å²) < 4.78 is 10.7. The minimum Gasteiger partial charge on any atom is -0.480 e. The first-order chi connectivity index (χ1) is 16.9. The maximum Gasteiger partial charge on any atom is 0.407 e. The van der Waals surface area contributed by atoms with Gasteiger partial charge in [-0.2, -0.15) is 0 Å². The Morgan fingerprint density at radius 2 is 1.71 bits per heavy atom. The number of amides is 2. The molecular formula is C27H30N2O6. The van der Waals surface area contributed by atoms with E-state index in [1.807, 2.05) is 24.3 Å². The summed E-state index contributed by atoms with van der Waals surface area (Å²) in [5.41, 5.74) is 4.08. The van der Waals surface area contributed by atoms with Crippen molar-refractivity contribution in [3.8, 4) is 11.1 Å². The average Bonchev–Trinajstić information content (AvgIpc) is 3.27. The Morgan fingerprint density at radius 3 is 2.34 bits per heavy atom. The summed E-state index contributed by atoms with van der Waals surface area (Å²) in [7, 11) is 1.52. The Morgan fingerprint density at radius 1 is 1.06 bits per heavy atom. The smallest absolute Gasteiger partial charge is 0.407 e. The highest BCUT2D eigenvalue weighted by Crippen LogP contribution is 2.64. The molecule has 0 aromatic heterocycles. The van der Waals surface area contributed by atoms with Gasteiger partial charge in [-0.05, 0) is 47.4 Å². The van der Waals surface area contributed by atoms with Gasteiger partial charge < -0.3 is 24.8 Å². The molecule has 0 spiro atoms. The number of carboxylic acid groups (broad SMARTS) is 1. The fourth-order valence-electron chi connectivity index (χ4n) is 6.00. The number of aliphatic carboxylic acids is 1. The van der Waals surface area contributed by atoms with Crippen molar-refractivity contribution >= 4 is 18.0 Å². The third-order valence-electron chi connectivity index (χ3n) is 7.68. The summed E-state index contributed by atoms with van der Waals surface area (Å²) in [6.45, 7) is 0.409. The van der Waals surface area contributed by atoms with Crippen molar-refractivity contribution in [3.63, 3.8) is 0 Å². The number of alkyl carbamates (subject to hydrolysis) is 1. The summed E-state index contributed by atoms with van der Waals surface area (Å²) in [4.78, 5) is 38.5. The van der Waals surface area contributed by atoms with Crippen LogP contribution in [0.25, 0.3) is 11.1 Å². The van der Waals surface area contributed by atoms with E-state index in [2.05, 4.69) is 29.6 Å². The number of benzene rings is 2. The van der Waals surface area contributed by atoms with Crippen molar-refractivity contribution in [2.45, 2.75) is 31.2 Å². The Kier molecular flexibility index (Phi) is 6.23. The van der Waals surface area contributed by atoms with Crippen LogP contribution < -0.4 is 5.32 Å². The molecule has 2 aromatic carbocycles. The Balaban J connectivity index is 1.18. The van der Waals surface area contributed by atoms with Crippen molar-refractivity contribution < 1.29 is 29.0 Å². The molecule has 2 N–H and O–H groups in total. The Labute approximate surface area is 204 Å². The van der Waals surface area contributed by atoms with Gasteiger partial charge in [-0.3, -0.25) is 9.59 Å². The number of ether oxygens (including phenoxy) is 2. The molecule has 3 atom stereocenters. The monoisotopic (exact) mass is 478 g/mol. The molecule has 2 aromatic rings. The fraction of sp³-hybridized carbons (Fsp3) is 0.444. The summed E-state index contributed by atoms with van der Waals surface area (Å²) in [5.74, 6) is -1.05. The van der Waals surface area contributed by atoms with Crippen LogP contribution in [0, 0.1) is 11.3 Å². The minimum absolute atomic E-state index is 0.0107. The predicted molar refractivity (Wildman–Crippen MR) is 128 cm³/mol. The van der Waals surface area contributed by atoms with Crippen LogP contribution in [0.5, 0.6) is 0 Å². The number of carbonyl (C=O) groups is 3. The van der Waals surface area contributed by atoms with E-state index < -0.39 is 17.5 Å². The van der Waals surface area contributed by atoms with E-state index in [1.54, 1.807) is 0 Å². The lowest BCUT2D eigenvalue weighted by Gasteiger charge is -2.26. The summed E-state index contributed by atoms with van der Waals surface area (Å²) in [6.07, 6.45) is 1.45. The molecule has 2 fully saturated rings. The topological polar surface area (TPSA) is 105 Å². The molecule has 5 rings (SSSR count). The van der Waals surface area contributed by atoms with Gasteiger partial charge in [-0.25, -0.2) is 4.79 Å². The lowest BCUT2D eigenvalue weighted by molar-refractivity contribution is -0.147. The van der Waals surface area contributed by atoms with E-state index >= 15 is 0 Å². The Bertz CT molecular complexity index is 1100. The second-order valence-corrected chi connectivity index (χ2v) is 9.78. The number of fused-ring (bicyclic) bond motifs is 4. The molecule has 2 amide bonds. The average molecular weight is 479 g/mol. The normalized spacial score (nSPS) is 23.7. The zero-order valence-corrected chi connectivity index (χ0v) is 19.7. The number of rotatable bonds is 9. The highest BCUT2D eigenvalue weighted by molar-refractivity contribution is 5.89. The van der Waals surface area contributed by atoms with Gasteiger partial charge in [0.1, 0.15) is 13.2 Å². The molecular weight excluding hydrogens is 448 g/mol. The van der Waals surface area contributed by atoms with E-state index in [1.165, 1.54) is 23.1 Å². The molecule has 8 heteroatoms. The fourth-order valence-corrected chi connectivity index (χ4v) is 6.00. The van der Waals surface area contributed by atoms with Crippen molar-refractivity contribution in [1.82, 2.24) is 10.2 Å². The molecule has 8 nitrogen and oxygen atoms in total. The van der Waals surface area contributed by atoms with E-state index in [0.717, 1.165) is 17.5 Å². The highest BCUT2D eigenvalue weighted by atomic mass is 16.5. The van der Waals surface area contributed by atoms with Crippen molar-refractivity contribution in [2.75, 3.05) is 33.4 Å². The molecule has 3 unspecified atom stereocenters. The summed E-state index contributed by atoms with van der Waals surface area (Å²) in [6, 6.07) is 16.2. The van der Waals surface area contributed by atoms with Gasteiger partial charge in [0.05, 0.1) is 12.0 Å². The molecule has 35 heavy (non-hydrogen) atoms. The quantitative estimate of drug-likeness (QED) is 0.573. The largest absolute Gasteiger partial charge is 0.480 e. The van der Waals surface area contributed by atoms with Gasteiger partial charge in [0.2, 0.25) is 5.91 Å². The number of carboxylic acids is 1. The van der Waals surface area contributed by atoms with E-state index in [-0.39, 0.29) is 50.1 Å². The number of hydrogen-bond acceptors (Lipinski definition) is 5. The van der Waals surface area contributed by atoms with Gasteiger partial charge in [0, 0.05) is 25.6 Å². The molecule has 0 radical (unpaired) electrons.